The van der Waals surface area contributed by atoms with Crippen molar-refractivity contribution in [3.63, 3.8) is 0 Å². The molecule has 2 aromatic carbocycles. The summed E-state index contributed by atoms with van der Waals surface area (Å²) in [5.74, 6) is -0.253. The Bertz CT molecular complexity index is 667. The fourth-order valence-corrected chi connectivity index (χ4v) is 2.63. The maximum absolute atomic E-state index is 13.3. The first-order valence-electron chi connectivity index (χ1n) is 7.24. The van der Waals surface area contributed by atoms with E-state index in [2.05, 4.69) is 47.2 Å². The molecule has 22 heavy (non-hydrogen) atoms. The normalized spacial score (nSPS) is 12.3. The Morgan fingerprint density at radius 1 is 1.05 bits per heavy atom. The van der Waals surface area contributed by atoms with Crippen LogP contribution in [-0.4, -0.2) is 5.91 Å². The Hall–Kier alpha value is -1.68. The molecule has 1 amide bonds. The lowest BCUT2D eigenvalue weighted by Crippen LogP contribution is -2.27. The maximum Gasteiger partial charge on any atom is 0.253 e. The number of hydrogen-bond donors (Lipinski definition) is 1. The quantitative estimate of drug-likeness (QED) is 0.794. The van der Waals surface area contributed by atoms with Gasteiger partial charge in [-0.25, -0.2) is 4.39 Å². The maximum atomic E-state index is 13.3. The van der Waals surface area contributed by atoms with Crippen molar-refractivity contribution in [2.45, 2.75) is 32.7 Å². The molecular weight excluding hydrogens is 345 g/mol. The van der Waals surface area contributed by atoms with Crippen molar-refractivity contribution < 1.29 is 9.18 Å². The van der Waals surface area contributed by atoms with Crippen LogP contribution in [0.3, 0.4) is 0 Å². The van der Waals surface area contributed by atoms with Crippen molar-refractivity contribution in [1.29, 1.82) is 0 Å². The molecule has 0 fully saturated rings. The van der Waals surface area contributed by atoms with Crippen molar-refractivity contribution in [3.8, 4) is 0 Å². The van der Waals surface area contributed by atoms with Gasteiger partial charge in [0.2, 0.25) is 0 Å². The van der Waals surface area contributed by atoms with E-state index >= 15 is 0 Å². The van der Waals surface area contributed by atoms with Gasteiger partial charge in [0.25, 0.3) is 5.91 Å². The second-order valence-electron chi connectivity index (χ2n) is 5.64. The molecule has 0 aromatic heterocycles. The smallest absolute Gasteiger partial charge is 0.253 e. The summed E-state index contributed by atoms with van der Waals surface area (Å²) < 4.78 is 13.9. The van der Waals surface area contributed by atoms with E-state index < -0.39 is 5.82 Å². The molecule has 1 N–H and O–H groups in total. The zero-order valence-electron chi connectivity index (χ0n) is 12.9. The molecular formula is C18H19BrFNO. The minimum absolute atomic E-state index is 0.149. The van der Waals surface area contributed by atoms with Crippen LogP contribution in [0.5, 0.6) is 0 Å². The van der Waals surface area contributed by atoms with E-state index in [9.17, 15) is 9.18 Å². The molecule has 2 rings (SSSR count). The van der Waals surface area contributed by atoms with E-state index in [0.717, 1.165) is 5.56 Å². The van der Waals surface area contributed by atoms with Gasteiger partial charge in [0, 0.05) is 4.47 Å². The van der Waals surface area contributed by atoms with Crippen LogP contribution < -0.4 is 5.32 Å². The molecule has 0 heterocycles. The van der Waals surface area contributed by atoms with Gasteiger partial charge >= 0.3 is 0 Å². The number of carbonyl (C=O) groups excluding carboxylic acids is 1. The van der Waals surface area contributed by atoms with E-state index in [4.69, 9.17) is 0 Å². The van der Waals surface area contributed by atoms with Gasteiger partial charge in [0.15, 0.2) is 0 Å². The number of hydrogen-bond acceptors (Lipinski definition) is 1. The van der Waals surface area contributed by atoms with Gasteiger partial charge in [-0.05, 0) is 58.1 Å². The molecule has 0 saturated carbocycles. The van der Waals surface area contributed by atoms with Gasteiger partial charge < -0.3 is 5.32 Å². The molecule has 4 heteroatoms. The van der Waals surface area contributed by atoms with Gasteiger partial charge in [-0.15, -0.1) is 0 Å². The Kier molecular flexibility index (Phi) is 5.35. The van der Waals surface area contributed by atoms with Crippen molar-refractivity contribution in [1.82, 2.24) is 5.32 Å². The topological polar surface area (TPSA) is 29.1 Å². The molecule has 0 spiro atoms. The second-order valence-corrected chi connectivity index (χ2v) is 6.50. The van der Waals surface area contributed by atoms with Crippen LogP contribution in [0.4, 0.5) is 4.39 Å². The fourth-order valence-electron chi connectivity index (χ4n) is 2.20. The summed E-state index contributed by atoms with van der Waals surface area (Å²) in [6, 6.07) is 12.1. The van der Waals surface area contributed by atoms with Crippen molar-refractivity contribution in [3.05, 3.63) is 69.4 Å². The van der Waals surface area contributed by atoms with Gasteiger partial charge in [-0.1, -0.05) is 38.1 Å². The first-order chi connectivity index (χ1) is 10.4. The highest BCUT2D eigenvalue weighted by Gasteiger charge is 2.15. The summed E-state index contributed by atoms with van der Waals surface area (Å²) in [7, 11) is 0. The standard InChI is InChI=1S/C18H19BrFNO/c1-11(2)13-4-6-14(7-5-13)12(3)21-18(22)16-10-15(20)8-9-17(16)19/h4-12H,1-3H3,(H,21,22). The van der Waals surface area contributed by atoms with Crippen molar-refractivity contribution in [2.24, 2.45) is 0 Å². The molecule has 1 unspecified atom stereocenters. The Morgan fingerprint density at radius 3 is 2.23 bits per heavy atom. The van der Waals surface area contributed by atoms with E-state index in [1.807, 2.05) is 19.1 Å². The molecule has 2 aromatic rings. The lowest BCUT2D eigenvalue weighted by Gasteiger charge is -2.16. The molecule has 1 atom stereocenters. The molecule has 0 radical (unpaired) electrons. The minimum Gasteiger partial charge on any atom is -0.345 e. The van der Waals surface area contributed by atoms with Crippen LogP contribution >= 0.6 is 15.9 Å². The van der Waals surface area contributed by atoms with Gasteiger partial charge in [0.1, 0.15) is 5.82 Å². The third-order valence-corrected chi connectivity index (χ3v) is 4.32. The Balaban J connectivity index is 2.12. The van der Waals surface area contributed by atoms with Crippen LogP contribution in [0.15, 0.2) is 46.9 Å². The van der Waals surface area contributed by atoms with Gasteiger partial charge in [-0.3, -0.25) is 4.79 Å². The summed E-state index contributed by atoms with van der Waals surface area (Å²) in [6.45, 7) is 6.19. The van der Waals surface area contributed by atoms with E-state index in [1.54, 1.807) is 0 Å². The number of rotatable bonds is 4. The average molecular weight is 364 g/mol. The highest BCUT2D eigenvalue weighted by molar-refractivity contribution is 9.10. The molecule has 2 nitrogen and oxygen atoms in total. The summed E-state index contributed by atoms with van der Waals surface area (Å²) in [5, 5.41) is 2.89. The van der Waals surface area contributed by atoms with Gasteiger partial charge in [-0.2, -0.15) is 0 Å². The van der Waals surface area contributed by atoms with E-state index in [0.29, 0.717) is 16.0 Å². The largest absolute Gasteiger partial charge is 0.345 e. The monoisotopic (exact) mass is 363 g/mol. The third-order valence-electron chi connectivity index (χ3n) is 3.62. The first kappa shape index (κ1) is 16.7. The van der Waals surface area contributed by atoms with E-state index in [-0.39, 0.29) is 11.9 Å². The van der Waals surface area contributed by atoms with Crippen molar-refractivity contribution >= 4 is 21.8 Å². The fraction of sp³-hybridized carbons (Fsp3) is 0.278. The number of amides is 1. The summed E-state index contributed by atoms with van der Waals surface area (Å²) in [5.41, 5.74) is 2.58. The second kappa shape index (κ2) is 7.05. The van der Waals surface area contributed by atoms with Crippen LogP contribution in [-0.2, 0) is 0 Å². The first-order valence-corrected chi connectivity index (χ1v) is 8.03. The summed E-state index contributed by atoms with van der Waals surface area (Å²) in [6.07, 6.45) is 0. The predicted octanol–water partition coefficient (Wildman–Crippen LogP) is 5.20. The average Bonchev–Trinajstić information content (AvgIpc) is 2.49. The number of carbonyl (C=O) groups is 1. The van der Waals surface area contributed by atoms with Crippen molar-refractivity contribution in [2.75, 3.05) is 0 Å². The lowest BCUT2D eigenvalue weighted by atomic mass is 9.99. The third kappa shape index (κ3) is 3.95. The van der Waals surface area contributed by atoms with Crippen LogP contribution in [0.1, 0.15) is 54.2 Å². The molecule has 0 aliphatic rings. The number of nitrogens with one attached hydrogen (secondary N) is 1. The SMILES string of the molecule is CC(C)c1ccc(C(C)NC(=O)c2cc(F)ccc2Br)cc1. The van der Waals surface area contributed by atoms with Crippen LogP contribution in [0, 0.1) is 5.82 Å². The highest BCUT2D eigenvalue weighted by atomic mass is 79.9. The summed E-state index contributed by atoms with van der Waals surface area (Å²) >= 11 is 3.28. The highest BCUT2D eigenvalue weighted by Crippen LogP contribution is 2.21. The van der Waals surface area contributed by atoms with Crippen LogP contribution in [0.25, 0.3) is 0 Å². The molecule has 0 aliphatic heterocycles. The van der Waals surface area contributed by atoms with Crippen LogP contribution in [0.2, 0.25) is 0 Å². The molecule has 0 bridgehead atoms. The summed E-state index contributed by atoms with van der Waals surface area (Å²) in [4.78, 5) is 12.3. The zero-order chi connectivity index (χ0) is 16.3. The number of halogens is 2. The van der Waals surface area contributed by atoms with E-state index in [1.165, 1.54) is 23.8 Å². The minimum atomic E-state index is -0.428. The molecule has 0 aliphatic carbocycles. The Morgan fingerprint density at radius 2 is 1.64 bits per heavy atom. The lowest BCUT2D eigenvalue weighted by molar-refractivity contribution is 0.0938. The van der Waals surface area contributed by atoms with Gasteiger partial charge in [0.05, 0.1) is 11.6 Å². The Labute approximate surface area is 138 Å². The zero-order valence-corrected chi connectivity index (χ0v) is 14.4. The predicted molar refractivity (Wildman–Crippen MR) is 90.5 cm³/mol. The molecule has 116 valence electrons. The molecule has 0 saturated heterocycles. The number of benzene rings is 2.